The van der Waals surface area contributed by atoms with Gasteiger partial charge < -0.3 is 0 Å². The maximum absolute atomic E-state index is 10.6. The van der Waals surface area contributed by atoms with E-state index in [-0.39, 0.29) is 0 Å². The predicted molar refractivity (Wildman–Crippen MR) is 48.7 cm³/mol. The molecule has 2 aliphatic rings. The van der Waals surface area contributed by atoms with Crippen LogP contribution >= 0.6 is 0 Å². The summed E-state index contributed by atoms with van der Waals surface area (Å²) in [5.74, 6) is 1.40. The Hall–Kier alpha value is -0.850. The largest absolute Gasteiger partial charge is 0.298 e. The Balaban J connectivity index is 2.25. The second-order valence-electron chi connectivity index (χ2n) is 4.38. The first-order valence-electron chi connectivity index (χ1n) is 4.50. The van der Waals surface area contributed by atoms with Gasteiger partial charge in [-0.15, -0.1) is 0 Å². The number of hydrogen-bond acceptors (Lipinski definition) is 1. The summed E-state index contributed by atoms with van der Waals surface area (Å²) in [5.41, 5.74) is 1.28. The zero-order chi connectivity index (χ0) is 8.77. The average molecular weight is 162 g/mol. The molecule has 0 aromatic carbocycles. The van der Waals surface area contributed by atoms with Crippen molar-refractivity contribution in [2.24, 2.45) is 17.3 Å². The first-order chi connectivity index (χ1) is 5.66. The molecule has 0 heterocycles. The number of fused-ring (bicyclic) bond motifs is 1. The molecular formula is C11H14O. The Labute approximate surface area is 73.2 Å². The van der Waals surface area contributed by atoms with Crippen LogP contribution in [0.15, 0.2) is 23.8 Å². The fraction of sp³-hybridized carbons (Fsp3) is 0.545. The van der Waals surface area contributed by atoms with Gasteiger partial charge in [-0.25, -0.2) is 0 Å². The molecular weight excluding hydrogens is 148 g/mol. The molecule has 1 saturated carbocycles. The molecule has 0 aliphatic heterocycles. The monoisotopic (exact) mass is 162 g/mol. The molecule has 0 amide bonds. The summed E-state index contributed by atoms with van der Waals surface area (Å²) in [4.78, 5) is 10.6. The normalized spacial score (nSPS) is 36.3. The van der Waals surface area contributed by atoms with Crippen molar-refractivity contribution in [3.05, 3.63) is 23.8 Å². The summed E-state index contributed by atoms with van der Waals surface area (Å²) in [6.45, 7) is 4.56. The van der Waals surface area contributed by atoms with Crippen molar-refractivity contribution in [2.45, 2.75) is 20.3 Å². The van der Waals surface area contributed by atoms with E-state index in [4.69, 9.17) is 0 Å². The third-order valence-electron chi connectivity index (χ3n) is 3.35. The summed E-state index contributed by atoms with van der Waals surface area (Å²) in [5, 5.41) is 0. The van der Waals surface area contributed by atoms with E-state index in [0.717, 1.165) is 24.2 Å². The highest BCUT2D eigenvalue weighted by Crippen LogP contribution is 2.61. The van der Waals surface area contributed by atoms with Crippen molar-refractivity contribution < 1.29 is 4.79 Å². The van der Waals surface area contributed by atoms with E-state index in [0.29, 0.717) is 11.3 Å². The molecule has 64 valence electrons. The van der Waals surface area contributed by atoms with Crippen molar-refractivity contribution in [2.75, 3.05) is 0 Å². The zero-order valence-electron chi connectivity index (χ0n) is 7.58. The Kier molecular flexibility index (Phi) is 1.50. The number of rotatable bonds is 1. The molecule has 0 aromatic heterocycles. The minimum Gasteiger partial charge on any atom is -0.298 e. The van der Waals surface area contributed by atoms with Crippen LogP contribution in [0.2, 0.25) is 0 Å². The number of allylic oxidation sites excluding steroid dienone is 4. The lowest BCUT2D eigenvalue weighted by Crippen LogP contribution is -1.91. The van der Waals surface area contributed by atoms with Crippen LogP contribution < -0.4 is 0 Å². The fourth-order valence-corrected chi connectivity index (χ4v) is 2.26. The Morgan fingerprint density at radius 2 is 2.33 bits per heavy atom. The zero-order valence-corrected chi connectivity index (χ0v) is 7.58. The van der Waals surface area contributed by atoms with Gasteiger partial charge in [0.2, 0.25) is 0 Å². The minimum absolute atomic E-state index is 0.430. The standard InChI is InChI=1S/C11H14O/c1-11(2)9-5-3-4-8(7-12)6-10(9)11/h3-4,6-7,9-10H,5H2,1-2H3/t9-,10+/m1/s1. The van der Waals surface area contributed by atoms with Crippen LogP contribution in [0.5, 0.6) is 0 Å². The van der Waals surface area contributed by atoms with Crippen molar-refractivity contribution >= 4 is 6.29 Å². The molecule has 0 radical (unpaired) electrons. The first kappa shape index (κ1) is 7.78. The number of aldehydes is 1. The lowest BCUT2D eigenvalue weighted by molar-refractivity contribution is -0.104. The van der Waals surface area contributed by atoms with Gasteiger partial charge in [0.15, 0.2) is 0 Å². The van der Waals surface area contributed by atoms with E-state index in [1.807, 2.05) is 6.08 Å². The smallest absolute Gasteiger partial charge is 0.149 e. The molecule has 0 aromatic rings. The summed E-state index contributed by atoms with van der Waals surface area (Å²) in [7, 11) is 0. The highest BCUT2D eigenvalue weighted by atomic mass is 16.1. The van der Waals surface area contributed by atoms with Crippen molar-refractivity contribution in [3.8, 4) is 0 Å². The van der Waals surface area contributed by atoms with Crippen molar-refractivity contribution in [1.29, 1.82) is 0 Å². The van der Waals surface area contributed by atoms with Gasteiger partial charge in [0, 0.05) is 5.57 Å². The predicted octanol–water partition coefficient (Wildman–Crippen LogP) is 2.34. The van der Waals surface area contributed by atoms with Crippen LogP contribution in [0.25, 0.3) is 0 Å². The van der Waals surface area contributed by atoms with Crippen LogP contribution in [0.4, 0.5) is 0 Å². The van der Waals surface area contributed by atoms with Crippen LogP contribution in [0, 0.1) is 17.3 Å². The maximum Gasteiger partial charge on any atom is 0.149 e. The molecule has 0 bridgehead atoms. The Morgan fingerprint density at radius 1 is 1.58 bits per heavy atom. The quantitative estimate of drug-likeness (QED) is 0.541. The van der Waals surface area contributed by atoms with Crippen LogP contribution in [0.1, 0.15) is 20.3 Å². The number of carbonyl (C=O) groups excluding carboxylic acids is 1. The first-order valence-corrected chi connectivity index (χ1v) is 4.50. The van der Waals surface area contributed by atoms with Crippen LogP contribution in [0.3, 0.4) is 0 Å². The van der Waals surface area contributed by atoms with E-state index >= 15 is 0 Å². The molecule has 12 heavy (non-hydrogen) atoms. The molecule has 0 unspecified atom stereocenters. The lowest BCUT2D eigenvalue weighted by Gasteiger charge is -2.00. The number of hydrogen-bond donors (Lipinski definition) is 0. The summed E-state index contributed by atoms with van der Waals surface area (Å²) >= 11 is 0. The second-order valence-corrected chi connectivity index (χ2v) is 4.38. The molecule has 2 rings (SSSR count). The van der Waals surface area contributed by atoms with E-state index < -0.39 is 0 Å². The van der Waals surface area contributed by atoms with Crippen molar-refractivity contribution in [1.82, 2.24) is 0 Å². The van der Waals surface area contributed by atoms with Crippen molar-refractivity contribution in [3.63, 3.8) is 0 Å². The van der Waals surface area contributed by atoms with Gasteiger partial charge in [0.1, 0.15) is 6.29 Å². The van der Waals surface area contributed by atoms with E-state index in [1.165, 1.54) is 0 Å². The van der Waals surface area contributed by atoms with Gasteiger partial charge in [0.05, 0.1) is 0 Å². The molecule has 1 heteroatoms. The number of carbonyl (C=O) groups is 1. The molecule has 1 fully saturated rings. The molecule has 0 spiro atoms. The Morgan fingerprint density at radius 3 is 3.00 bits per heavy atom. The average Bonchev–Trinajstić information content (AvgIpc) is 2.62. The van der Waals surface area contributed by atoms with Gasteiger partial charge in [-0.05, 0) is 23.7 Å². The second kappa shape index (κ2) is 2.32. The Bertz CT molecular complexity index is 271. The van der Waals surface area contributed by atoms with E-state index in [9.17, 15) is 4.79 Å². The van der Waals surface area contributed by atoms with Gasteiger partial charge in [-0.1, -0.05) is 32.1 Å². The summed E-state index contributed by atoms with van der Waals surface area (Å²) < 4.78 is 0. The van der Waals surface area contributed by atoms with Gasteiger partial charge in [-0.3, -0.25) is 4.79 Å². The third-order valence-corrected chi connectivity index (χ3v) is 3.35. The van der Waals surface area contributed by atoms with E-state index in [1.54, 1.807) is 0 Å². The summed E-state index contributed by atoms with van der Waals surface area (Å²) in [6.07, 6.45) is 8.27. The molecule has 1 nitrogen and oxygen atoms in total. The highest BCUT2D eigenvalue weighted by molar-refractivity contribution is 5.77. The third kappa shape index (κ3) is 0.961. The minimum atomic E-state index is 0.430. The molecule has 0 N–H and O–H groups in total. The molecule has 0 saturated heterocycles. The van der Waals surface area contributed by atoms with Crippen LogP contribution in [-0.4, -0.2) is 6.29 Å². The maximum atomic E-state index is 10.6. The lowest BCUT2D eigenvalue weighted by atomic mass is 10.0. The van der Waals surface area contributed by atoms with Gasteiger partial charge in [0.25, 0.3) is 0 Å². The van der Waals surface area contributed by atoms with Gasteiger partial charge >= 0.3 is 0 Å². The fourth-order valence-electron chi connectivity index (χ4n) is 2.26. The summed E-state index contributed by atoms with van der Waals surface area (Å²) in [6, 6.07) is 0. The van der Waals surface area contributed by atoms with Gasteiger partial charge in [-0.2, -0.15) is 0 Å². The highest BCUT2D eigenvalue weighted by Gasteiger charge is 2.55. The molecule has 2 atom stereocenters. The molecule has 2 aliphatic carbocycles. The topological polar surface area (TPSA) is 17.1 Å². The van der Waals surface area contributed by atoms with Crippen LogP contribution in [-0.2, 0) is 4.79 Å². The SMILES string of the molecule is CC1(C)[C@@H]2CC=CC(C=O)=C[C@@H]21. The van der Waals surface area contributed by atoms with E-state index in [2.05, 4.69) is 26.0 Å².